The maximum atomic E-state index is 12.4. The van der Waals surface area contributed by atoms with Gasteiger partial charge in [0.1, 0.15) is 0 Å². The second-order valence-electron chi connectivity index (χ2n) is 6.76. The molecule has 2 aromatic rings. The van der Waals surface area contributed by atoms with Gasteiger partial charge in [-0.2, -0.15) is 0 Å². The number of carbonyl (C=O) groups excluding carboxylic acids is 2. The standard InChI is InChI=1S/C18H23N5O2/c1-12(2)10-14-11-23-16(18(25)20-14)15(21-22-23)17(24)19-9-8-13-6-4-3-5-7-13/h3-7,12,14H,8-11H2,1-2H3,(H,19,24)(H,20,25)/t14-/m0/s1. The van der Waals surface area contributed by atoms with Crippen molar-refractivity contribution in [2.24, 2.45) is 5.92 Å². The van der Waals surface area contributed by atoms with E-state index in [-0.39, 0.29) is 29.2 Å². The summed E-state index contributed by atoms with van der Waals surface area (Å²) in [6, 6.07) is 9.92. The highest BCUT2D eigenvalue weighted by molar-refractivity contribution is 6.05. The summed E-state index contributed by atoms with van der Waals surface area (Å²) in [6.07, 6.45) is 1.59. The number of nitrogens with zero attached hydrogens (tertiary/aromatic N) is 3. The lowest BCUT2D eigenvalue weighted by Crippen LogP contribution is -2.46. The first kappa shape index (κ1) is 17.1. The predicted molar refractivity (Wildman–Crippen MR) is 93.2 cm³/mol. The van der Waals surface area contributed by atoms with E-state index in [1.165, 1.54) is 4.68 Å². The van der Waals surface area contributed by atoms with Crippen LogP contribution in [0.3, 0.4) is 0 Å². The highest BCUT2D eigenvalue weighted by Gasteiger charge is 2.32. The molecule has 7 heteroatoms. The zero-order valence-corrected chi connectivity index (χ0v) is 14.5. The summed E-state index contributed by atoms with van der Waals surface area (Å²) in [6.45, 7) is 5.24. The molecular weight excluding hydrogens is 318 g/mol. The number of nitrogens with one attached hydrogen (secondary N) is 2. The summed E-state index contributed by atoms with van der Waals surface area (Å²) in [5.74, 6) is -0.180. The number of amides is 2. The Morgan fingerprint density at radius 3 is 2.84 bits per heavy atom. The molecule has 2 N–H and O–H groups in total. The van der Waals surface area contributed by atoms with Gasteiger partial charge in [0.25, 0.3) is 11.8 Å². The molecule has 0 spiro atoms. The minimum absolute atomic E-state index is 0.0238. The fourth-order valence-electron chi connectivity index (χ4n) is 3.08. The van der Waals surface area contributed by atoms with E-state index >= 15 is 0 Å². The third-order valence-corrected chi connectivity index (χ3v) is 4.19. The molecule has 132 valence electrons. The van der Waals surface area contributed by atoms with Crippen molar-refractivity contribution in [3.05, 3.63) is 47.3 Å². The van der Waals surface area contributed by atoms with E-state index in [0.717, 1.165) is 18.4 Å². The van der Waals surface area contributed by atoms with Crippen molar-refractivity contribution in [1.29, 1.82) is 0 Å². The van der Waals surface area contributed by atoms with Crippen LogP contribution in [-0.2, 0) is 13.0 Å². The summed E-state index contributed by atoms with van der Waals surface area (Å²) in [4.78, 5) is 24.7. The van der Waals surface area contributed by atoms with Crippen molar-refractivity contribution in [2.45, 2.75) is 39.3 Å². The van der Waals surface area contributed by atoms with Gasteiger partial charge in [-0.1, -0.05) is 49.4 Å². The Morgan fingerprint density at radius 1 is 1.36 bits per heavy atom. The molecule has 1 aliphatic heterocycles. The summed E-state index contributed by atoms with van der Waals surface area (Å²) < 4.78 is 1.54. The lowest BCUT2D eigenvalue weighted by Gasteiger charge is -2.25. The number of hydrogen-bond acceptors (Lipinski definition) is 4. The smallest absolute Gasteiger partial charge is 0.274 e. The number of hydrogen-bond donors (Lipinski definition) is 2. The maximum Gasteiger partial charge on any atom is 0.274 e. The van der Waals surface area contributed by atoms with Crippen LogP contribution >= 0.6 is 0 Å². The van der Waals surface area contributed by atoms with Crippen LogP contribution in [0, 0.1) is 5.92 Å². The minimum Gasteiger partial charge on any atom is -0.350 e. The van der Waals surface area contributed by atoms with Crippen LogP contribution in [0.15, 0.2) is 30.3 Å². The SMILES string of the molecule is CC(C)C[C@H]1Cn2nnc(C(=O)NCCc3ccccc3)c2C(=O)N1. The van der Waals surface area contributed by atoms with Crippen LogP contribution < -0.4 is 10.6 Å². The minimum atomic E-state index is -0.366. The normalized spacial score (nSPS) is 16.4. The molecule has 2 amide bonds. The first-order chi connectivity index (χ1) is 12.0. The van der Waals surface area contributed by atoms with Crippen molar-refractivity contribution < 1.29 is 9.59 Å². The van der Waals surface area contributed by atoms with Gasteiger partial charge >= 0.3 is 0 Å². The van der Waals surface area contributed by atoms with E-state index < -0.39 is 0 Å². The average molecular weight is 341 g/mol. The second kappa shape index (κ2) is 7.46. The molecule has 3 rings (SSSR count). The van der Waals surface area contributed by atoms with E-state index in [9.17, 15) is 9.59 Å². The largest absolute Gasteiger partial charge is 0.350 e. The van der Waals surface area contributed by atoms with Crippen molar-refractivity contribution in [3.8, 4) is 0 Å². The molecule has 0 aliphatic carbocycles. The van der Waals surface area contributed by atoms with Crippen molar-refractivity contribution in [3.63, 3.8) is 0 Å². The maximum absolute atomic E-state index is 12.4. The van der Waals surface area contributed by atoms with Crippen molar-refractivity contribution in [2.75, 3.05) is 6.54 Å². The Hall–Kier alpha value is -2.70. The van der Waals surface area contributed by atoms with Crippen LogP contribution in [0.4, 0.5) is 0 Å². The van der Waals surface area contributed by atoms with E-state index in [4.69, 9.17) is 0 Å². The molecule has 7 nitrogen and oxygen atoms in total. The number of benzene rings is 1. The number of rotatable bonds is 6. The number of fused-ring (bicyclic) bond motifs is 1. The van der Waals surface area contributed by atoms with Gasteiger partial charge in [-0.05, 0) is 24.3 Å². The van der Waals surface area contributed by atoms with Gasteiger partial charge in [-0.25, -0.2) is 4.68 Å². The third kappa shape index (κ3) is 4.04. The van der Waals surface area contributed by atoms with E-state index in [2.05, 4.69) is 34.8 Å². The molecule has 1 aromatic heterocycles. The van der Waals surface area contributed by atoms with Gasteiger partial charge in [-0.3, -0.25) is 9.59 Å². The molecule has 0 bridgehead atoms. The molecule has 0 saturated carbocycles. The first-order valence-corrected chi connectivity index (χ1v) is 8.61. The van der Waals surface area contributed by atoms with E-state index in [1.54, 1.807) is 0 Å². The van der Waals surface area contributed by atoms with Crippen LogP contribution in [0.1, 0.15) is 46.8 Å². The quantitative estimate of drug-likeness (QED) is 0.831. The average Bonchev–Trinajstić information content (AvgIpc) is 2.99. The second-order valence-corrected chi connectivity index (χ2v) is 6.76. The van der Waals surface area contributed by atoms with Gasteiger partial charge in [0.2, 0.25) is 0 Å². The van der Waals surface area contributed by atoms with Gasteiger partial charge in [-0.15, -0.1) is 5.10 Å². The predicted octanol–water partition coefficient (Wildman–Crippen LogP) is 1.41. The Labute approximate surface area is 146 Å². The summed E-state index contributed by atoms with van der Waals surface area (Å²) >= 11 is 0. The lowest BCUT2D eigenvalue weighted by atomic mass is 10.0. The van der Waals surface area contributed by atoms with Gasteiger partial charge < -0.3 is 10.6 Å². The first-order valence-electron chi connectivity index (χ1n) is 8.61. The molecular formula is C18H23N5O2. The number of aromatic nitrogens is 3. The molecule has 0 unspecified atom stereocenters. The van der Waals surface area contributed by atoms with Crippen LogP contribution in [-0.4, -0.2) is 39.4 Å². The molecule has 1 atom stereocenters. The van der Waals surface area contributed by atoms with E-state index in [1.807, 2.05) is 30.3 Å². The van der Waals surface area contributed by atoms with Crippen molar-refractivity contribution in [1.82, 2.24) is 25.6 Å². The highest BCUT2D eigenvalue weighted by atomic mass is 16.2. The van der Waals surface area contributed by atoms with E-state index in [0.29, 0.717) is 19.0 Å². The fourth-order valence-corrected chi connectivity index (χ4v) is 3.08. The topological polar surface area (TPSA) is 88.9 Å². The zero-order chi connectivity index (χ0) is 17.8. The highest BCUT2D eigenvalue weighted by Crippen LogP contribution is 2.16. The van der Waals surface area contributed by atoms with Gasteiger partial charge in [0.15, 0.2) is 11.4 Å². The van der Waals surface area contributed by atoms with Crippen LogP contribution in [0.2, 0.25) is 0 Å². The zero-order valence-electron chi connectivity index (χ0n) is 14.5. The molecule has 1 aliphatic rings. The Balaban J connectivity index is 1.63. The van der Waals surface area contributed by atoms with Crippen LogP contribution in [0.5, 0.6) is 0 Å². The van der Waals surface area contributed by atoms with Gasteiger partial charge in [0.05, 0.1) is 6.54 Å². The fraction of sp³-hybridized carbons (Fsp3) is 0.444. The Kier molecular flexibility index (Phi) is 5.11. The lowest BCUT2D eigenvalue weighted by molar-refractivity contribution is 0.0870. The van der Waals surface area contributed by atoms with Crippen LogP contribution in [0.25, 0.3) is 0 Å². The summed E-state index contributed by atoms with van der Waals surface area (Å²) in [7, 11) is 0. The Morgan fingerprint density at radius 2 is 2.12 bits per heavy atom. The van der Waals surface area contributed by atoms with Gasteiger partial charge in [0, 0.05) is 12.6 Å². The molecule has 1 aromatic carbocycles. The molecule has 0 radical (unpaired) electrons. The molecule has 0 fully saturated rings. The molecule has 25 heavy (non-hydrogen) atoms. The van der Waals surface area contributed by atoms with Crippen molar-refractivity contribution >= 4 is 11.8 Å². The summed E-state index contributed by atoms with van der Waals surface area (Å²) in [5, 5.41) is 13.7. The summed E-state index contributed by atoms with van der Waals surface area (Å²) in [5.41, 5.74) is 1.48. The number of carbonyl (C=O) groups is 2. The Bertz CT molecular complexity index is 754. The third-order valence-electron chi connectivity index (χ3n) is 4.19. The molecule has 0 saturated heterocycles. The molecule has 2 heterocycles. The monoisotopic (exact) mass is 341 g/mol.